The molecule has 2 atom stereocenters. The standard InChI is InChI=1S/C17H19BrO2/c18-17-9-12-6-13(10-17)8-16(7-12,11-17)15(19)20-14-4-2-1-3-5-14/h1-5,12-13H,6-11H2. The fourth-order valence-corrected chi connectivity index (χ4v) is 6.55. The lowest BCUT2D eigenvalue weighted by atomic mass is 9.49. The van der Waals surface area contributed by atoms with Gasteiger partial charge in [-0.05, 0) is 62.5 Å². The summed E-state index contributed by atoms with van der Waals surface area (Å²) in [6, 6.07) is 9.49. The molecule has 2 nitrogen and oxygen atoms in total. The monoisotopic (exact) mass is 334 g/mol. The van der Waals surface area contributed by atoms with Crippen molar-refractivity contribution in [2.75, 3.05) is 0 Å². The molecule has 0 heterocycles. The molecule has 0 radical (unpaired) electrons. The van der Waals surface area contributed by atoms with Crippen LogP contribution in [-0.4, -0.2) is 10.3 Å². The van der Waals surface area contributed by atoms with Gasteiger partial charge in [0.15, 0.2) is 0 Å². The van der Waals surface area contributed by atoms with Crippen molar-refractivity contribution in [1.29, 1.82) is 0 Å². The van der Waals surface area contributed by atoms with Gasteiger partial charge >= 0.3 is 5.97 Å². The molecule has 0 spiro atoms. The third-order valence-electron chi connectivity index (χ3n) is 5.38. The Morgan fingerprint density at radius 1 is 1.10 bits per heavy atom. The lowest BCUT2D eigenvalue weighted by Gasteiger charge is -2.58. The van der Waals surface area contributed by atoms with Crippen LogP contribution in [0, 0.1) is 17.3 Å². The first kappa shape index (κ1) is 12.9. The van der Waals surface area contributed by atoms with Gasteiger partial charge in [-0.2, -0.15) is 0 Å². The molecule has 4 saturated carbocycles. The van der Waals surface area contributed by atoms with Gasteiger partial charge in [-0.1, -0.05) is 34.1 Å². The highest BCUT2D eigenvalue weighted by molar-refractivity contribution is 9.10. The van der Waals surface area contributed by atoms with Gasteiger partial charge in [0.2, 0.25) is 0 Å². The lowest BCUT2D eigenvalue weighted by molar-refractivity contribution is -0.159. The predicted molar refractivity (Wildman–Crippen MR) is 80.9 cm³/mol. The quantitative estimate of drug-likeness (QED) is 0.457. The Hall–Kier alpha value is -0.830. The van der Waals surface area contributed by atoms with E-state index in [-0.39, 0.29) is 15.7 Å². The van der Waals surface area contributed by atoms with E-state index in [0.29, 0.717) is 17.6 Å². The minimum Gasteiger partial charge on any atom is -0.426 e. The minimum absolute atomic E-state index is 0.00150. The largest absolute Gasteiger partial charge is 0.426 e. The summed E-state index contributed by atoms with van der Waals surface area (Å²) in [5.41, 5.74) is -0.233. The molecule has 1 aromatic carbocycles. The zero-order chi connectivity index (χ0) is 13.8. The van der Waals surface area contributed by atoms with Gasteiger partial charge in [0.25, 0.3) is 0 Å². The number of carbonyl (C=O) groups is 1. The van der Waals surface area contributed by atoms with Crippen molar-refractivity contribution in [2.45, 2.75) is 42.8 Å². The van der Waals surface area contributed by atoms with E-state index in [2.05, 4.69) is 15.9 Å². The molecular formula is C17H19BrO2. The predicted octanol–water partition coefficient (Wildman–Crippen LogP) is 4.33. The second kappa shape index (κ2) is 4.33. The van der Waals surface area contributed by atoms with Gasteiger partial charge in [0, 0.05) is 4.32 Å². The Bertz CT molecular complexity index is 525. The molecule has 2 unspecified atom stereocenters. The summed E-state index contributed by atoms with van der Waals surface area (Å²) in [7, 11) is 0. The molecule has 5 rings (SSSR count). The Morgan fingerprint density at radius 2 is 1.75 bits per heavy atom. The van der Waals surface area contributed by atoms with Crippen LogP contribution >= 0.6 is 15.9 Å². The van der Waals surface area contributed by atoms with Gasteiger partial charge in [-0.15, -0.1) is 0 Å². The van der Waals surface area contributed by atoms with Crippen LogP contribution in [0.25, 0.3) is 0 Å². The number of para-hydroxylation sites is 1. The van der Waals surface area contributed by atoms with Crippen molar-refractivity contribution in [3.63, 3.8) is 0 Å². The molecule has 0 saturated heterocycles. The smallest absolute Gasteiger partial charge is 0.317 e. The number of ether oxygens (including phenoxy) is 1. The van der Waals surface area contributed by atoms with Gasteiger partial charge in [0.1, 0.15) is 5.75 Å². The molecule has 0 amide bonds. The number of carbonyl (C=O) groups excluding carboxylic acids is 1. The van der Waals surface area contributed by atoms with E-state index in [1.54, 1.807) is 0 Å². The molecule has 4 bridgehead atoms. The molecule has 106 valence electrons. The second-order valence-electron chi connectivity index (χ2n) is 7.09. The molecule has 20 heavy (non-hydrogen) atoms. The molecule has 0 aromatic heterocycles. The summed E-state index contributed by atoms with van der Waals surface area (Å²) >= 11 is 3.94. The Morgan fingerprint density at radius 3 is 2.35 bits per heavy atom. The SMILES string of the molecule is O=C(Oc1ccccc1)C12CC3CC(CC(Br)(C3)C1)C2. The van der Waals surface area contributed by atoms with E-state index in [9.17, 15) is 4.79 Å². The number of rotatable bonds is 2. The van der Waals surface area contributed by atoms with Gasteiger partial charge in [0.05, 0.1) is 5.41 Å². The van der Waals surface area contributed by atoms with Crippen molar-refractivity contribution in [2.24, 2.45) is 17.3 Å². The summed E-state index contributed by atoms with van der Waals surface area (Å²) in [4.78, 5) is 12.8. The van der Waals surface area contributed by atoms with Crippen LogP contribution in [0.15, 0.2) is 30.3 Å². The highest BCUT2D eigenvalue weighted by atomic mass is 79.9. The highest BCUT2D eigenvalue weighted by Crippen LogP contribution is 2.64. The fourth-order valence-electron chi connectivity index (χ4n) is 5.09. The topological polar surface area (TPSA) is 26.3 Å². The maximum atomic E-state index is 12.8. The summed E-state index contributed by atoms with van der Waals surface area (Å²) in [6.07, 6.45) is 6.81. The number of hydrogen-bond donors (Lipinski definition) is 0. The fraction of sp³-hybridized carbons (Fsp3) is 0.588. The lowest BCUT2D eigenvalue weighted by Crippen LogP contribution is -2.56. The molecule has 4 aliphatic carbocycles. The molecule has 0 aliphatic heterocycles. The van der Waals surface area contributed by atoms with Crippen LogP contribution < -0.4 is 4.74 Å². The molecular weight excluding hydrogens is 316 g/mol. The van der Waals surface area contributed by atoms with E-state index >= 15 is 0 Å². The molecule has 4 aliphatic rings. The average molecular weight is 335 g/mol. The van der Waals surface area contributed by atoms with Gasteiger partial charge in [-0.25, -0.2) is 0 Å². The minimum atomic E-state index is -0.233. The first-order valence-corrected chi connectivity index (χ1v) is 8.33. The zero-order valence-corrected chi connectivity index (χ0v) is 13.1. The Labute approximate surface area is 128 Å². The third kappa shape index (κ3) is 2.02. The van der Waals surface area contributed by atoms with E-state index in [4.69, 9.17) is 4.74 Å². The van der Waals surface area contributed by atoms with Crippen LogP contribution in [0.4, 0.5) is 0 Å². The number of hydrogen-bond acceptors (Lipinski definition) is 2. The van der Waals surface area contributed by atoms with Crippen LogP contribution in [0.1, 0.15) is 38.5 Å². The van der Waals surface area contributed by atoms with E-state index in [1.807, 2.05) is 30.3 Å². The number of benzene rings is 1. The summed E-state index contributed by atoms with van der Waals surface area (Å²) < 4.78 is 5.89. The molecule has 0 N–H and O–H groups in total. The van der Waals surface area contributed by atoms with Crippen LogP contribution in [-0.2, 0) is 4.79 Å². The van der Waals surface area contributed by atoms with Gasteiger partial charge < -0.3 is 4.74 Å². The number of alkyl halides is 1. The average Bonchev–Trinajstić information content (AvgIpc) is 2.37. The maximum absolute atomic E-state index is 12.8. The van der Waals surface area contributed by atoms with Crippen LogP contribution in [0.2, 0.25) is 0 Å². The number of halogens is 1. The highest BCUT2D eigenvalue weighted by Gasteiger charge is 2.60. The van der Waals surface area contributed by atoms with Crippen molar-refractivity contribution < 1.29 is 9.53 Å². The first-order valence-electron chi connectivity index (χ1n) is 7.53. The van der Waals surface area contributed by atoms with Crippen molar-refractivity contribution in [3.8, 4) is 5.75 Å². The van der Waals surface area contributed by atoms with E-state index in [1.165, 1.54) is 19.3 Å². The summed E-state index contributed by atoms with van der Waals surface area (Å²) in [5, 5.41) is 0. The van der Waals surface area contributed by atoms with E-state index in [0.717, 1.165) is 19.3 Å². The first-order chi connectivity index (χ1) is 9.57. The van der Waals surface area contributed by atoms with E-state index < -0.39 is 0 Å². The maximum Gasteiger partial charge on any atom is 0.317 e. The van der Waals surface area contributed by atoms with Crippen LogP contribution in [0.5, 0.6) is 5.75 Å². The normalized spacial score (nSPS) is 41.6. The Balaban J connectivity index is 1.60. The molecule has 1 aromatic rings. The summed E-state index contributed by atoms with van der Waals surface area (Å²) in [6.45, 7) is 0. The molecule has 4 fully saturated rings. The Kier molecular flexibility index (Phi) is 2.79. The molecule has 3 heteroatoms. The van der Waals surface area contributed by atoms with Crippen molar-refractivity contribution in [1.82, 2.24) is 0 Å². The van der Waals surface area contributed by atoms with Gasteiger partial charge in [-0.3, -0.25) is 4.79 Å². The second-order valence-corrected chi connectivity index (χ2v) is 8.78. The van der Waals surface area contributed by atoms with Crippen molar-refractivity contribution in [3.05, 3.63) is 30.3 Å². The zero-order valence-electron chi connectivity index (χ0n) is 11.5. The number of esters is 1. The summed E-state index contributed by atoms with van der Waals surface area (Å²) in [5.74, 6) is 2.09. The van der Waals surface area contributed by atoms with Crippen molar-refractivity contribution >= 4 is 21.9 Å². The third-order valence-corrected chi connectivity index (χ3v) is 6.30. The van der Waals surface area contributed by atoms with Crippen LogP contribution in [0.3, 0.4) is 0 Å².